The van der Waals surface area contributed by atoms with E-state index >= 15 is 0 Å². The average molecular weight is 229 g/mol. The summed E-state index contributed by atoms with van der Waals surface area (Å²) in [6.45, 7) is 0. The van der Waals surface area contributed by atoms with E-state index in [0.29, 0.717) is 4.34 Å². The van der Waals surface area contributed by atoms with Crippen molar-refractivity contribution in [2.24, 2.45) is 7.05 Å². The molecule has 74 valence electrons. The second-order valence-corrected chi connectivity index (χ2v) is 4.50. The van der Waals surface area contributed by atoms with Gasteiger partial charge in [0.15, 0.2) is 0 Å². The predicted molar refractivity (Wildman–Crippen MR) is 56.6 cm³/mol. The molecule has 0 saturated carbocycles. The first-order valence-corrected chi connectivity index (χ1v) is 5.33. The molecule has 14 heavy (non-hydrogen) atoms. The highest BCUT2D eigenvalue weighted by Crippen LogP contribution is 2.31. The summed E-state index contributed by atoms with van der Waals surface area (Å²) in [4.78, 5) is 3.95. The van der Waals surface area contributed by atoms with E-state index in [1.54, 1.807) is 17.1 Å². The van der Waals surface area contributed by atoms with Gasteiger partial charge < -0.3 is 9.67 Å². The normalized spacial score (nSPS) is 13.1. The molecular weight excluding hydrogens is 220 g/mol. The van der Waals surface area contributed by atoms with Crippen LogP contribution in [0.3, 0.4) is 0 Å². The molecule has 0 fully saturated rings. The van der Waals surface area contributed by atoms with Gasteiger partial charge in [0.1, 0.15) is 6.10 Å². The lowest BCUT2D eigenvalue weighted by Gasteiger charge is -2.09. The molecule has 0 bridgehead atoms. The van der Waals surface area contributed by atoms with Gasteiger partial charge in [-0.15, -0.1) is 11.3 Å². The van der Waals surface area contributed by atoms with E-state index in [2.05, 4.69) is 4.98 Å². The van der Waals surface area contributed by atoms with Crippen molar-refractivity contribution in [1.29, 1.82) is 0 Å². The lowest BCUT2D eigenvalue weighted by molar-refractivity contribution is 0.212. The molecule has 0 amide bonds. The Kier molecular flexibility index (Phi) is 2.58. The molecule has 0 saturated heterocycles. The van der Waals surface area contributed by atoms with E-state index in [0.717, 1.165) is 11.3 Å². The van der Waals surface area contributed by atoms with Crippen molar-refractivity contribution in [3.05, 3.63) is 39.6 Å². The summed E-state index contributed by atoms with van der Waals surface area (Å²) in [6.07, 6.45) is 2.60. The maximum atomic E-state index is 9.99. The number of imidazole rings is 1. The highest BCUT2D eigenvalue weighted by molar-refractivity contribution is 7.14. The fraction of sp³-hybridized carbons (Fsp3) is 0.222. The Bertz CT molecular complexity index is 397. The highest BCUT2D eigenvalue weighted by Gasteiger charge is 2.17. The largest absolute Gasteiger partial charge is 0.382 e. The van der Waals surface area contributed by atoms with Gasteiger partial charge in [-0.3, -0.25) is 0 Å². The predicted octanol–water partition coefficient (Wildman–Crippen LogP) is 2.22. The number of hydrogen-bond acceptors (Lipinski definition) is 3. The lowest BCUT2D eigenvalue weighted by atomic mass is 10.1. The maximum absolute atomic E-state index is 9.99. The van der Waals surface area contributed by atoms with Gasteiger partial charge in [-0.1, -0.05) is 11.6 Å². The van der Waals surface area contributed by atoms with Crippen molar-refractivity contribution in [3.8, 4) is 0 Å². The van der Waals surface area contributed by atoms with Gasteiger partial charge in [0.2, 0.25) is 0 Å². The molecule has 0 aliphatic carbocycles. The SMILES string of the molecule is Cn1cncc1C(O)c1ccsc1Cl. The van der Waals surface area contributed by atoms with Crippen LogP contribution in [0.2, 0.25) is 4.34 Å². The number of thiophene rings is 1. The topological polar surface area (TPSA) is 38.0 Å². The third-order valence-corrected chi connectivity index (χ3v) is 3.28. The molecule has 1 atom stereocenters. The van der Waals surface area contributed by atoms with Gasteiger partial charge in [-0.05, 0) is 11.4 Å². The Morgan fingerprint density at radius 3 is 2.93 bits per heavy atom. The van der Waals surface area contributed by atoms with Crippen LogP contribution in [0.25, 0.3) is 0 Å². The Hall–Kier alpha value is -0.840. The molecule has 2 heterocycles. The maximum Gasteiger partial charge on any atom is 0.123 e. The molecule has 0 spiro atoms. The van der Waals surface area contributed by atoms with Crippen LogP contribution in [0.1, 0.15) is 17.4 Å². The monoisotopic (exact) mass is 228 g/mol. The van der Waals surface area contributed by atoms with Crippen LogP contribution < -0.4 is 0 Å². The van der Waals surface area contributed by atoms with E-state index in [4.69, 9.17) is 11.6 Å². The smallest absolute Gasteiger partial charge is 0.123 e. The van der Waals surface area contributed by atoms with Gasteiger partial charge >= 0.3 is 0 Å². The number of hydrogen-bond donors (Lipinski definition) is 1. The molecule has 0 aliphatic heterocycles. The Morgan fingerprint density at radius 1 is 1.64 bits per heavy atom. The van der Waals surface area contributed by atoms with E-state index < -0.39 is 6.10 Å². The minimum Gasteiger partial charge on any atom is -0.382 e. The number of aliphatic hydroxyl groups is 1. The zero-order valence-electron chi connectivity index (χ0n) is 7.51. The summed E-state index contributed by atoms with van der Waals surface area (Å²) >= 11 is 7.34. The number of nitrogens with zero attached hydrogens (tertiary/aromatic N) is 2. The van der Waals surface area contributed by atoms with Crippen LogP contribution in [0, 0.1) is 0 Å². The molecule has 2 aromatic heterocycles. The first-order chi connectivity index (χ1) is 6.70. The second kappa shape index (κ2) is 3.73. The van der Waals surface area contributed by atoms with Crippen molar-refractivity contribution in [2.75, 3.05) is 0 Å². The number of aromatic nitrogens is 2. The van der Waals surface area contributed by atoms with Crippen molar-refractivity contribution < 1.29 is 5.11 Å². The molecule has 2 rings (SSSR count). The summed E-state index contributed by atoms with van der Waals surface area (Å²) < 4.78 is 2.40. The molecule has 2 aromatic rings. The highest BCUT2D eigenvalue weighted by atomic mass is 35.5. The molecular formula is C9H9ClN2OS. The summed E-state index contributed by atoms with van der Waals surface area (Å²) in [6, 6.07) is 1.82. The molecule has 5 heteroatoms. The first kappa shape index (κ1) is 9.71. The number of aryl methyl sites for hydroxylation is 1. The van der Waals surface area contributed by atoms with Crippen LogP contribution in [-0.4, -0.2) is 14.7 Å². The van der Waals surface area contributed by atoms with E-state index in [1.165, 1.54) is 11.3 Å². The van der Waals surface area contributed by atoms with Gasteiger partial charge in [-0.25, -0.2) is 4.98 Å². The first-order valence-electron chi connectivity index (χ1n) is 4.07. The van der Waals surface area contributed by atoms with Crippen molar-refractivity contribution >= 4 is 22.9 Å². The van der Waals surface area contributed by atoms with Crippen LogP contribution in [-0.2, 0) is 7.05 Å². The third kappa shape index (κ3) is 1.56. The minimum absolute atomic E-state index is 0.624. The standard InChI is InChI=1S/C9H9ClN2OS/c1-12-5-11-4-7(12)8(13)6-2-3-14-9(6)10/h2-5,8,13H,1H3. The summed E-state index contributed by atoms with van der Waals surface area (Å²) in [5.74, 6) is 0. The summed E-state index contributed by atoms with van der Waals surface area (Å²) in [7, 11) is 1.84. The minimum atomic E-state index is -0.693. The lowest BCUT2D eigenvalue weighted by Crippen LogP contribution is -2.04. The Balaban J connectivity index is 2.38. The number of rotatable bonds is 2. The van der Waals surface area contributed by atoms with Crippen LogP contribution in [0.15, 0.2) is 24.0 Å². The Labute approximate surface area is 90.6 Å². The zero-order valence-corrected chi connectivity index (χ0v) is 9.09. The molecule has 0 aromatic carbocycles. The molecule has 1 unspecified atom stereocenters. The molecule has 0 aliphatic rings. The fourth-order valence-corrected chi connectivity index (χ4v) is 2.26. The van der Waals surface area contributed by atoms with E-state index in [9.17, 15) is 5.11 Å². The van der Waals surface area contributed by atoms with E-state index in [-0.39, 0.29) is 0 Å². The number of aliphatic hydroxyl groups excluding tert-OH is 1. The fourth-order valence-electron chi connectivity index (χ4n) is 1.29. The van der Waals surface area contributed by atoms with Gasteiger partial charge in [-0.2, -0.15) is 0 Å². The number of halogens is 1. The van der Waals surface area contributed by atoms with Crippen LogP contribution >= 0.6 is 22.9 Å². The molecule has 1 N–H and O–H groups in total. The van der Waals surface area contributed by atoms with Crippen molar-refractivity contribution in [1.82, 2.24) is 9.55 Å². The van der Waals surface area contributed by atoms with Crippen molar-refractivity contribution in [2.45, 2.75) is 6.10 Å². The van der Waals surface area contributed by atoms with Gasteiger partial charge in [0, 0.05) is 12.6 Å². The summed E-state index contributed by atoms with van der Waals surface area (Å²) in [5.41, 5.74) is 1.48. The Morgan fingerprint density at radius 2 is 2.43 bits per heavy atom. The second-order valence-electron chi connectivity index (χ2n) is 2.98. The molecule has 3 nitrogen and oxygen atoms in total. The van der Waals surface area contributed by atoms with Gasteiger partial charge in [0.25, 0.3) is 0 Å². The van der Waals surface area contributed by atoms with E-state index in [1.807, 2.05) is 18.5 Å². The average Bonchev–Trinajstić information content (AvgIpc) is 2.73. The third-order valence-electron chi connectivity index (χ3n) is 2.07. The van der Waals surface area contributed by atoms with Crippen LogP contribution in [0.4, 0.5) is 0 Å². The zero-order chi connectivity index (χ0) is 10.1. The van der Waals surface area contributed by atoms with Crippen LogP contribution in [0.5, 0.6) is 0 Å². The summed E-state index contributed by atoms with van der Waals surface area (Å²) in [5, 5.41) is 11.9. The molecule has 0 radical (unpaired) electrons. The van der Waals surface area contributed by atoms with Gasteiger partial charge in [0.05, 0.1) is 22.6 Å². The van der Waals surface area contributed by atoms with Crippen molar-refractivity contribution in [3.63, 3.8) is 0 Å². The quantitative estimate of drug-likeness (QED) is 0.856.